The minimum Gasteiger partial charge on any atom is -0.290 e. The Morgan fingerprint density at radius 3 is 2.20 bits per heavy atom. The van der Waals surface area contributed by atoms with Gasteiger partial charge in [0, 0.05) is 5.02 Å². The van der Waals surface area contributed by atoms with E-state index in [1.807, 2.05) is 0 Å². The van der Waals surface area contributed by atoms with E-state index in [9.17, 15) is 9.59 Å². The summed E-state index contributed by atoms with van der Waals surface area (Å²) in [6.45, 7) is 3.56. The van der Waals surface area contributed by atoms with Crippen molar-refractivity contribution in [1.29, 1.82) is 0 Å². The van der Waals surface area contributed by atoms with E-state index in [0.29, 0.717) is 10.7 Å². The predicted octanol–water partition coefficient (Wildman–Crippen LogP) is 3.33. The zero-order valence-electron chi connectivity index (χ0n) is 11.3. The number of hydrogen-bond donors (Lipinski definition) is 0. The van der Waals surface area contributed by atoms with Gasteiger partial charge >= 0.3 is 0 Å². The molecule has 1 aliphatic rings. The van der Waals surface area contributed by atoms with Crippen LogP contribution in [0.4, 0.5) is 0 Å². The highest BCUT2D eigenvalue weighted by Crippen LogP contribution is 2.15. The lowest BCUT2D eigenvalue weighted by Gasteiger charge is -2.11. The van der Waals surface area contributed by atoms with Crippen molar-refractivity contribution in [3.05, 3.63) is 58.1 Å². The van der Waals surface area contributed by atoms with Crippen molar-refractivity contribution in [1.82, 2.24) is 0 Å². The highest BCUT2D eigenvalue weighted by molar-refractivity contribution is 6.30. The molecule has 1 aliphatic carbocycles. The predicted molar refractivity (Wildman–Crippen MR) is 80.1 cm³/mol. The van der Waals surface area contributed by atoms with Crippen molar-refractivity contribution in [3.8, 4) is 0 Å². The maximum absolute atomic E-state index is 12.0. The van der Waals surface area contributed by atoms with Crippen molar-refractivity contribution in [2.45, 2.75) is 20.3 Å². The number of benzene rings is 1. The van der Waals surface area contributed by atoms with Crippen molar-refractivity contribution >= 4 is 29.0 Å². The number of ketones is 1. The van der Waals surface area contributed by atoms with Gasteiger partial charge in [-0.15, -0.1) is 0 Å². The molecule has 0 atom stereocenters. The first-order chi connectivity index (χ1) is 9.45. The van der Waals surface area contributed by atoms with Crippen LogP contribution in [0.5, 0.6) is 0 Å². The SMILES string of the molecule is CC1=CC(=O)C=C(C)C1=NC(=O)Cc1ccc(Cl)cc1. The number of carbonyl (C=O) groups excluding carboxylic acids is 2. The Morgan fingerprint density at radius 1 is 1.10 bits per heavy atom. The lowest BCUT2D eigenvalue weighted by atomic mass is 9.97. The Balaban J connectivity index is 2.16. The van der Waals surface area contributed by atoms with E-state index in [-0.39, 0.29) is 18.1 Å². The molecule has 0 aliphatic heterocycles. The molecule has 20 heavy (non-hydrogen) atoms. The Hall–Kier alpha value is -2.00. The molecule has 0 heterocycles. The molecule has 3 nitrogen and oxygen atoms in total. The van der Waals surface area contributed by atoms with Crippen molar-refractivity contribution < 1.29 is 9.59 Å². The third-order valence-electron chi connectivity index (χ3n) is 2.97. The van der Waals surface area contributed by atoms with E-state index in [1.54, 1.807) is 38.1 Å². The van der Waals surface area contributed by atoms with E-state index in [0.717, 1.165) is 16.7 Å². The summed E-state index contributed by atoms with van der Waals surface area (Å²) in [6.07, 6.45) is 3.19. The number of aliphatic imine (C=N–C) groups is 1. The second-order valence-corrected chi connectivity index (χ2v) is 5.15. The molecule has 4 heteroatoms. The molecule has 0 aromatic heterocycles. The van der Waals surface area contributed by atoms with Crippen LogP contribution < -0.4 is 0 Å². The Kier molecular flexibility index (Phi) is 4.30. The van der Waals surface area contributed by atoms with Crippen molar-refractivity contribution in [2.75, 3.05) is 0 Å². The number of carbonyl (C=O) groups is 2. The fraction of sp³-hybridized carbons (Fsp3) is 0.188. The van der Waals surface area contributed by atoms with Crippen LogP contribution in [0.1, 0.15) is 19.4 Å². The molecule has 102 valence electrons. The summed E-state index contributed by atoms with van der Waals surface area (Å²) in [5.74, 6) is -0.304. The maximum Gasteiger partial charge on any atom is 0.250 e. The van der Waals surface area contributed by atoms with Gasteiger partial charge in [-0.1, -0.05) is 23.7 Å². The number of rotatable bonds is 2. The molecule has 1 aromatic carbocycles. The summed E-state index contributed by atoms with van der Waals surface area (Å²) in [6, 6.07) is 7.09. The van der Waals surface area contributed by atoms with Gasteiger partial charge in [0.15, 0.2) is 5.78 Å². The summed E-state index contributed by atoms with van der Waals surface area (Å²) in [4.78, 5) is 27.4. The second kappa shape index (κ2) is 5.97. The Bertz CT molecular complexity index is 628. The van der Waals surface area contributed by atoms with Gasteiger partial charge in [-0.2, -0.15) is 0 Å². The van der Waals surface area contributed by atoms with Gasteiger partial charge in [0.25, 0.3) is 5.91 Å². The summed E-state index contributed by atoms with van der Waals surface area (Å²) in [7, 11) is 0. The lowest BCUT2D eigenvalue weighted by Crippen LogP contribution is -2.14. The number of nitrogens with zero attached hydrogens (tertiary/aromatic N) is 1. The van der Waals surface area contributed by atoms with Gasteiger partial charge in [-0.25, -0.2) is 4.99 Å². The first kappa shape index (κ1) is 14.4. The molecule has 0 unspecified atom stereocenters. The van der Waals surface area contributed by atoms with Gasteiger partial charge in [-0.3, -0.25) is 9.59 Å². The van der Waals surface area contributed by atoms with E-state index in [4.69, 9.17) is 11.6 Å². The third kappa shape index (κ3) is 3.52. The Morgan fingerprint density at radius 2 is 1.65 bits per heavy atom. The minimum atomic E-state index is -0.239. The fourth-order valence-corrected chi connectivity index (χ4v) is 2.16. The molecule has 1 amide bonds. The maximum atomic E-state index is 12.0. The molecular weight excluding hydrogens is 274 g/mol. The van der Waals surface area contributed by atoms with Crippen molar-refractivity contribution in [2.24, 2.45) is 4.99 Å². The number of halogens is 1. The van der Waals surface area contributed by atoms with Gasteiger partial charge < -0.3 is 0 Å². The number of hydrogen-bond acceptors (Lipinski definition) is 2. The average Bonchev–Trinajstić information content (AvgIpc) is 2.36. The standard InChI is InChI=1S/C16H14ClNO2/c1-10-7-14(19)8-11(2)16(10)18-15(20)9-12-3-5-13(17)6-4-12/h3-8H,9H2,1-2H3. The fourth-order valence-electron chi connectivity index (χ4n) is 2.03. The van der Waals surface area contributed by atoms with E-state index >= 15 is 0 Å². The molecular formula is C16H14ClNO2. The molecule has 0 saturated carbocycles. The Labute approximate surface area is 122 Å². The quantitative estimate of drug-likeness (QED) is 0.783. The van der Waals surface area contributed by atoms with Crippen LogP contribution in [0, 0.1) is 0 Å². The first-order valence-electron chi connectivity index (χ1n) is 6.23. The minimum absolute atomic E-state index is 0.0656. The van der Waals surface area contributed by atoms with Crippen LogP contribution in [-0.2, 0) is 16.0 Å². The summed E-state index contributed by atoms with van der Waals surface area (Å²) >= 11 is 5.80. The average molecular weight is 288 g/mol. The first-order valence-corrected chi connectivity index (χ1v) is 6.61. The van der Waals surface area contributed by atoms with E-state index < -0.39 is 0 Å². The number of amides is 1. The molecule has 0 fully saturated rings. The zero-order chi connectivity index (χ0) is 14.7. The van der Waals surface area contributed by atoms with Crippen LogP contribution in [0.25, 0.3) is 0 Å². The molecule has 0 bridgehead atoms. The van der Waals surface area contributed by atoms with Gasteiger partial charge in [0.05, 0.1) is 12.1 Å². The molecule has 0 radical (unpaired) electrons. The topological polar surface area (TPSA) is 46.5 Å². The lowest BCUT2D eigenvalue weighted by molar-refractivity contribution is -0.117. The molecule has 0 saturated heterocycles. The van der Waals surface area contributed by atoms with Crippen LogP contribution in [0.3, 0.4) is 0 Å². The highest BCUT2D eigenvalue weighted by Gasteiger charge is 2.14. The molecule has 1 aromatic rings. The largest absolute Gasteiger partial charge is 0.290 e. The second-order valence-electron chi connectivity index (χ2n) is 4.71. The summed E-state index contributed by atoms with van der Waals surface area (Å²) < 4.78 is 0. The molecule has 2 rings (SSSR count). The van der Waals surface area contributed by atoms with Gasteiger partial charge in [0.2, 0.25) is 0 Å². The van der Waals surface area contributed by atoms with Crippen LogP contribution in [0.2, 0.25) is 5.02 Å². The van der Waals surface area contributed by atoms with Gasteiger partial charge in [-0.05, 0) is 54.8 Å². The van der Waals surface area contributed by atoms with E-state index in [2.05, 4.69) is 4.99 Å². The smallest absolute Gasteiger partial charge is 0.250 e. The van der Waals surface area contributed by atoms with Crippen LogP contribution in [0.15, 0.2) is 52.6 Å². The summed E-state index contributed by atoms with van der Waals surface area (Å²) in [5.41, 5.74) is 2.89. The van der Waals surface area contributed by atoms with E-state index in [1.165, 1.54) is 12.2 Å². The monoisotopic (exact) mass is 287 g/mol. The zero-order valence-corrected chi connectivity index (χ0v) is 12.1. The van der Waals surface area contributed by atoms with Gasteiger partial charge in [0.1, 0.15) is 0 Å². The molecule has 0 spiro atoms. The van der Waals surface area contributed by atoms with Crippen LogP contribution in [-0.4, -0.2) is 17.4 Å². The highest BCUT2D eigenvalue weighted by atomic mass is 35.5. The van der Waals surface area contributed by atoms with Crippen LogP contribution >= 0.6 is 11.6 Å². The van der Waals surface area contributed by atoms with Crippen molar-refractivity contribution in [3.63, 3.8) is 0 Å². The number of allylic oxidation sites excluding steroid dienone is 4. The summed E-state index contributed by atoms with van der Waals surface area (Å²) in [5, 5.41) is 0.635. The molecule has 0 N–H and O–H groups in total. The normalized spacial score (nSPS) is 14.8. The third-order valence-corrected chi connectivity index (χ3v) is 3.22.